The van der Waals surface area contributed by atoms with Crippen molar-refractivity contribution in [1.29, 1.82) is 0 Å². The SMILES string of the molecule is O=C1OC(=O)c2cc(OCl)ccc21.[NaH]. The van der Waals surface area contributed by atoms with E-state index in [-0.39, 0.29) is 40.7 Å². The van der Waals surface area contributed by atoms with Gasteiger partial charge < -0.3 is 9.03 Å². The number of fused-ring (bicyclic) bond motifs is 1. The van der Waals surface area contributed by atoms with Crippen LogP contribution >= 0.6 is 11.9 Å². The van der Waals surface area contributed by atoms with Gasteiger partial charge in [0.15, 0.2) is 0 Å². The van der Waals surface area contributed by atoms with E-state index in [1.807, 2.05) is 0 Å². The van der Waals surface area contributed by atoms with Crippen LogP contribution in [0.3, 0.4) is 0 Å². The summed E-state index contributed by atoms with van der Waals surface area (Å²) in [4.78, 5) is 22.0. The fourth-order valence-electron chi connectivity index (χ4n) is 1.11. The fourth-order valence-corrected chi connectivity index (χ4v) is 1.21. The van der Waals surface area contributed by atoms with Crippen molar-refractivity contribution in [3.8, 4) is 5.75 Å². The van der Waals surface area contributed by atoms with E-state index in [2.05, 4.69) is 9.03 Å². The number of hydrogen-bond donors (Lipinski definition) is 0. The normalized spacial score (nSPS) is 12.9. The molecule has 4 nitrogen and oxygen atoms in total. The number of cyclic esters (lactones) is 2. The summed E-state index contributed by atoms with van der Waals surface area (Å²) in [6.07, 6.45) is 0. The van der Waals surface area contributed by atoms with Crippen molar-refractivity contribution in [2.75, 3.05) is 0 Å². The first-order valence-corrected chi connectivity index (χ1v) is 3.72. The third kappa shape index (κ3) is 1.79. The van der Waals surface area contributed by atoms with Crippen molar-refractivity contribution in [3.63, 3.8) is 0 Å². The number of halogens is 1. The summed E-state index contributed by atoms with van der Waals surface area (Å²) < 4.78 is 8.73. The van der Waals surface area contributed by atoms with Crippen LogP contribution in [0.2, 0.25) is 0 Å². The zero-order valence-corrected chi connectivity index (χ0v) is 7.00. The Bertz CT molecular complexity index is 404. The molecule has 6 heteroatoms. The van der Waals surface area contributed by atoms with Crippen LogP contribution in [0.1, 0.15) is 20.7 Å². The quantitative estimate of drug-likeness (QED) is 0.402. The number of esters is 2. The van der Waals surface area contributed by atoms with E-state index in [0.717, 1.165) is 0 Å². The van der Waals surface area contributed by atoms with Gasteiger partial charge in [-0.3, -0.25) is 0 Å². The molecule has 0 unspecified atom stereocenters. The average Bonchev–Trinajstić information content (AvgIpc) is 2.42. The van der Waals surface area contributed by atoms with E-state index in [9.17, 15) is 9.59 Å². The molecule has 0 fully saturated rings. The Morgan fingerprint density at radius 2 is 1.79 bits per heavy atom. The topological polar surface area (TPSA) is 52.6 Å². The second-order valence-corrected chi connectivity index (χ2v) is 2.62. The number of hydrogen-bond acceptors (Lipinski definition) is 4. The van der Waals surface area contributed by atoms with Crippen LogP contribution in [0.5, 0.6) is 5.75 Å². The van der Waals surface area contributed by atoms with Crippen LogP contribution in [0.15, 0.2) is 18.2 Å². The Hall–Kier alpha value is -0.550. The number of carbonyl (C=O) groups excluding carboxylic acids is 2. The Balaban J connectivity index is 0.000000980. The zero-order chi connectivity index (χ0) is 9.42. The van der Waals surface area contributed by atoms with Gasteiger partial charge in [0.05, 0.1) is 11.1 Å². The van der Waals surface area contributed by atoms with Crippen molar-refractivity contribution in [2.45, 2.75) is 0 Å². The average molecular weight is 223 g/mol. The molecule has 1 aromatic carbocycles. The van der Waals surface area contributed by atoms with Gasteiger partial charge >= 0.3 is 41.5 Å². The Labute approximate surface area is 107 Å². The molecule has 1 aliphatic heterocycles. The van der Waals surface area contributed by atoms with E-state index in [0.29, 0.717) is 5.75 Å². The molecule has 1 aliphatic rings. The number of rotatable bonds is 1. The van der Waals surface area contributed by atoms with Crippen molar-refractivity contribution in [1.82, 2.24) is 0 Å². The van der Waals surface area contributed by atoms with Gasteiger partial charge in [0.1, 0.15) is 17.6 Å². The van der Waals surface area contributed by atoms with E-state index in [1.165, 1.54) is 18.2 Å². The predicted molar refractivity (Wildman–Crippen MR) is 49.8 cm³/mol. The summed E-state index contributed by atoms with van der Waals surface area (Å²) in [5, 5.41) is 0. The molecule has 1 aromatic rings. The molecule has 0 aliphatic carbocycles. The van der Waals surface area contributed by atoms with E-state index < -0.39 is 11.9 Å². The van der Waals surface area contributed by atoms with Gasteiger partial charge in [0.25, 0.3) is 0 Å². The maximum atomic E-state index is 11.0. The van der Waals surface area contributed by atoms with Crippen LogP contribution < -0.4 is 4.29 Å². The Morgan fingerprint density at radius 3 is 2.43 bits per heavy atom. The molecule has 0 bridgehead atoms. The first-order chi connectivity index (χ1) is 6.22. The molecule has 2 rings (SSSR count). The van der Waals surface area contributed by atoms with Gasteiger partial charge in [-0.25, -0.2) is 9.59 Å². The molecule has 0 radical (unpaired) electrons. The summed E-state index contributed by atoms with van der Waals surface area (Å²) in [5.74, 6) is -1.01. The third-order valence-electron chi connectivity index (χ3n) is 1.71. The van der Waals surface area contributed by atoms with Crippen molar-refractivity contribution < 1.29 is 18.6 Å². The molecule has 68 valence electrons. The van der Waals surface area contributed by atoms with Crippen LogP contribution in [-0.2, 0) is 4.74 Å². The standard InChI is InChI=1S/C8H3ClO4.Na.H/c9-13-4-1-2-5-6(3-4)8(11)12-7(5)10;;/h1-3H;;. The minimum absolute atomic E-state index is 0. The summed E-state index contributed by atoms with van der Waals surface area (Å²) in [6.45, 7) is 0. The summed E-state index contributed by atoms with van der Waals surface area (Å²) in [5.41, 5.74) is 0.422. The van der Waals surface area contributed by atoms with Gasteiger partial charge in [-0.1, -0.05) is 0 Å². The van der Waals surface area contributed by atoms with Crippen LogP contribution in [-0.4, -0.2) is 41.5 Å². The Kier molecular flexibility index (Phi) is 3.55. The summed E-state index contributed by atoms with van der Waals surface area (Å²) in [7, 11) is 0. The van der Waals surface area contributed by atoms with Crippen molar-refractivity contribution in [2.24, 2.45) is 0 Å². The number of carbonyl (C=O) groups is 2. The second-order valence-electron chi connectivity index (χ2n) is 2.46. The molecule has 1 heterocycles. The first-order valence-electron chi connectivity index (χ1n) is 3.41. The van der Waals surface area contributed by atoms with Crippen LogP contribution in [0.25, 0.3) is 0 Å². The van der Waals surface area contributed by atoms with E-state index in [4.69, 9.17) is 11.9 Å². The van der Waals surface area contributed by atoms with Crippen LogP contribution in [0.4, 0.5) is 0 Å². The molecular formula is C8H4ClNaO4. The third-order valence-corrected chi connectivity index (χ3v) is 1.88. The van der Waals surface area contributed by atoms with Crippen molar-refractivity contribution >= 4 is 53.4 Å². The molecule has 14 heavy (non-hydrogen) atoms. The van der Waals surface area contributed by atoms with Gasteiger partial charge in [0.2, 0.25) is 0 Å². The fraction of sp³-hybridized carbons (Fsp3) is 0. The molecule has 0 spiro atoms. The summed E-state index contributed by atoms with van der Waals surface area (Å²) in [6, 6.07) is 4.27. The Morgan fingerprint density at radius 1 is 1.14 bits per heavy atom. The van der Waals surface area contributed by atoms with Gasteiger partial charge in [0, 0.05) is 0 Å². The maximum absolute atomic E-state index is 11.0. The minimum atomic E-state index is -0.671. The zero-order valence-electron chi connectivity index (χ0n) is 6.24. The monoisotopic (exact) mass is 222 g/mol. The second kappa shape index (κ2) is 4.31. The molecule has 0 N–H and O–H groups in total. The predicted octanol–water partition coefficient (Wildman–Crippen LogP) is 0.881. The van der Waals surface area contributed by atoms with Crippen LogP contribution in [0, 0.1) is 0 Å². The molecule has 0 aromatic heterocycles. The van der Waals surface area contributed by atoms with E-state index in [1.54, 1.807) is 0 Å². The van der Waals surface area contributed by atoms with Gasteiger partial charge in [-0.05, 0) is 18.2 Å². The molecule has 0 atom stereocenters. The van der Waals surface area contributed by atoms with Crippen molar-refractivity contribution in [3.05, 3.63) is 29.3 Å². The van der Waals surface area contributed by atoms with Gasteiger partial charge in [-0.2, -0.15) is 0 Å². The number of benzene rings is 1. The van der Waals surface area contributed by atoms with Gasteiger partial charge in [-0.15, -0.1) is 0 Å². The van der Waals surface area contributed by atoms with E-state index >= 15 is 0 Å². The molecule has 0 amide bonds. The number of ether oxygens (including phenoxy) is 1. The first kappa shape index (κ1) is 11.5. The summed E-state index contributed by atoms with van der Waals surface area (Å²) >= 11 is 5.08. The molecular weight excluding hydrogens is 219 g/mol. The molecule has 0 saturated heterocycles. The molecule has 0 saturated carbocycles.